The number of nitrogens with zero attached hydrogens (tertiary/aromatic N) is 4. The molecule has 0 bridgehead atoms. The van der Waals surface area contributed by atoms with Crippen LogP contribution in [0.25, 0.3) is 0 Å². The lowest BCUT2D eigenvalue weighted by Gasteiger charge is -2.25. The molecule has 1 aromatic heterocycles. The monoisotopic (exact) mass is 438 g/mol. The first-order chi connectivity index (χ1) is 14.5. The van der Waals surface area contributed by atoms with Crippen molar-refractivity contribution in [2.75, 3.05) is 10.7 Å². The Morgan fingerprint density at radius 3 is 2.73 bits per heavy atom. The predicted molar refractivity (Wildman–Crippen MR) is 120 cm³/mol. The maximum atomic E-state index is 14.0. The highest BCUT2D eigenvalue weighted by molar-refractivity contribution is 7.99. The molecule has 0 unspecified atom stereocenters. The molecule has 2 aliphatic rings. The van der Waals surface area contributed by atoms with E-state index in [2.05, 4.69) is 36.3 Å². The number of thioether (sulfide) groups is 1. The minimum Gasteiger partial charge on any atom is -0.319 e. The van der Waals surface area contributed by atoms with Gasteiger partial charge in [0.05, 0.1) is 18.4 Å². The zero-order chi connectivity index (χ0) is 20.8. The quantitative estimate of drug-likeness (QED) is 0.573. The Morgan fingerprint density at radius 1 is 1.20 bits per heavy atom. The van der Waals surface area contributed by atoms with E-state index in [0.29, 0.717) is 22.1 Å². The van der Waals surface area contributed by atoms with E-state index < -0.39 is 0 Å². The number of anilines is 1. The van der Waals surface area contributed by atoms with Crippen molar-refractivity contribution in [2.24, 2.45) is 0 Å². The molecule has 0 saturated carbocycles. The van der Waals surface area contributed by atoms with Crippen LogP contribution in [-0.4, -0.2) is 37.5 Å². The zero-order valence-corrected chi connectivity index (χ0v) is 17.9. The van der Waals surface area contributed by atoms with E-state index in [9.17, 15) is 9.18 Å². The first kappa shape index (κ1) is 19.3. The molecule has 2 aromatic carbocycles. The number of aromatic nitrogens is 2. The van der Waals surface area contributed by atoms with Gasteiger partial charge in [0.2, 0.25) is 0 Å². The van der Waals surface area contributed by atoms with Crippen molar-refractivity contribution in [1.29, 1.82) is 0 Å². The van der Waals surface area contributed by atoms with Gasteiger partial charge in [-0.2, -0.15) is 5.10 Å². The van der Waals surface area contributed by atoms with Crippen LogP contribution in [0.4, 0.5) is 10.1 Å². The van der Waals surface area contributed by atoms with Crippen molar-refractivity contribution >= 4 is 40.7 Å². The Bertz CT molecular complexity index is 1130. The average molecular weight is 439 g/mol. The smallest absolute Gasteiger partial charge is 0.257 e. The maximum Gasteiger partial charge on any atom is 0.257 e. The molecule has 5 rings (SSSR count). The van der Waals surface area contributed by atoms with Crippen LogP contribution in [0.5, 0.6) is 0 Å². The molecule has 0 spiro atoms. The molecule has 30 heavy (non-hydrogen) atoms. The number of hydrogen-bond donors (Lipinski definition) is 0. The first-order valence-corrected chi connectivity index (χ1v) is 11.1. The van der Waals surface area contributed by atoms with Gasteiger partial charge in [-0.15, -0.1) is 11.8 Å². The number of thiocarbonyl (C=S) groups is 1. The summed E-state index contributed by atoms with van der Waals surface area (Å²) in [5, 5.41) is 4.83. The van der Waals surface area contributed by atoms with Gasteiger partial charge < -0.3 is 4.90 Å². The van der Waals surface area contributed by atoms with Crippen LogP contribution >= 0.6 is 24.0 Å². The number of fused-ring (bicyclic) bond motifs is 1. The predicted octanol–water partition coefficient (Wildman–Crippen LogP) is 4.13. The Morgan fingerprint density at radius 2 is 1.97 bits per heavy atom. The van der Waals surface area contributed by atoms with E-state index in [1.807, 2.05) is 4.90 Å². The van der Waals surface area contributed by atoms with Gasteiger partial charge in [0.1, 0.15) is 17.2 Å². The van der Waals surface area contributed by atoms with Crippen molar-refractivity contribution < 1.29 is 9.18 Å². The molecule has 1 amide bonds. The van der Waals surface area contributed by atoms with Crippen molar-refractivity contribution in [1.82, 2.24) is 14.7 Å². The van der Waals surface area contributed by atoms with Crippen LogP contribution in [-0.2, 0) is 11.3 Å². The lowest BCUT2D eigenvalue weighted by Crippen LogP contribution is -2.33. The summed E-state index contributed by atoms with van der Waals surface area (Å²) in [7, 11) is 0. The fourth-order valence-electron chi connectivity index (χ4n) is 3.87. The molecule has 2 fully saturated rings. The minimum absolute atomic E-state index is 0.0190. The summed E-state index contributed by atoms with van der Waals surface area (Å²) in [6.45, 7) is 2.34. The Labute approximate surface area is 183 Å². The number of hydrogen-bond acceptors (Lipinski definition) is 4. The topological polar surface area (TPSA) is 41.4 Å². The molecule has 8 heteroatoms. The molecule has 0 radical (unpaired) electrons. The SMILES string of the molecule is Cc1ccc([C@@H]2SC[C@@H]3C(=O)N(c4cnn(Cc5ccccc5F)c4)C(=S)N32)cc1. The van der Waals surface area contributed by atoms with Crippen molar-refractivity contribution in [3.63, 3.8) is 0 Å². The fourth-order valence-corrected chi connectivity index (χ4v) is 5.79. The molecule has 3 heterocycles. The standard InChI is InChI=1S/C22H19FN4OS2/c1-14-6-8-15(9-7-14)21-27-19(13-30-21)20(28)26(22(27)29)17-10-24-25(12-17)11-16-4-2-3-5-18(16)23/h2-10,12,19,21H,11,13H2,1H3/t19-,21+/m1/s1. The highest BCUT2D eigenvalue weighted by Gasteiger charge is 2.51. The Hall–Kier alpha value is -2.71. The maximum absolute atomic E-state index is 14.0. The van der Waals surface area contributed by atoms with Gasteiger partial charge in [-0.25, -0.2) is 4.39 Å². The van der Waals surface area contributed by atoms with Gasteiger partial charge in [-0.05, 0) is 30.8 Å². The summed E-state index contributed by atoms with van der Waals surface area (Å²) >= 11 is 7.46. The lowest BCUT2D eigenvalue weighted by atomic mass is 10.1. The second kappa shape index (κ2) is 7.52. The molecular weight excluding hydrogens is 419 g/mol. The van der Waals surface area contributed by atoms with Gasteiger partial charge in [0.25, 0.3) is 5.91 Å². The summed E-state index contributed by atoms with van der Waals surface area (Å²) in [6, 6.07) is 14.7. The summed E-state index contributed by atoms with van der Waals surface area (Å²) in [5.74, 6) is 0.380. The number of benzene rings is 2. The number of aryl methyl sites for hydroxylation is 1. The van der Waals surface area contributed by atoms with E-state index in [4.69, 9.17) is 12.2 Å². The third-order valence-corrected chi connectivity index (χ3v) is 7.17. The Balaban J connectivity index is 1.39. The van der Waals surface area contributed by atoms with Crippen molar-refractivity contribution in [3.8, 4) is 0 Å². The largest absolute Gasteiger partial charge is 0.319 e. The number of carbonyl (C=O) groups excluding carboxylic acids is 1. The zero-order valence-electron chi connectivity index (χ0n) is 16.2. The van der Waals surface area contributed by atoms with Gasteiger partial charge >= 0.3 is 0 Å². The van der Waals surface area contributed by atoms with Crippen LogP contribution in [0.15, 0.2) is 60.9 Å². The normalized spacial score (nSPS) is 20.9. The van der Waals surface area contributed by atoms with Gasteiger partial charge in [0, 0.05) is 17.5 Å². The molecule has 0 aliphatic carbocycles. The summed E-state index contributed by atoms with van der Waals surface area (Å²) in [6.07, 6.45) is 3.36. The van der Waals surface area contributed by atoms with Crippen molar-refractivity contribution in [3.05, 3.63) is 83.4 Å². The second-order valence-electron chi connectivity index (χ2n) is 7.46. The molecule has 5 nitrogen and oxygen atoms in total. The molecule has 152 valence electrons. The van der Waals surface area contributed by atoms with Crippen LogP contribution in [0.3, 0.4) is 0 Å². The fraction of sp³-hybridized carbons (Fsp3) is 0.227. The van der Waals surface area contributed by atoms with Gasteiger partial charge in [-0.3, -0.25) is 14.4 Å². The summed E-state index contributed by atoms with van der Waals surface area (Å²) < 4.78 is 15.6. The highest BCUT2D eigenvalue weighted by Crippen LogP contribution is 2.46. The highest BCUT2D eigenvalue weighted by atomic mass is 32.2. The third kappa shape index (κ3) is 3.20. The number of carbonyl (C=O) groups is 1. The van der Waals surface area contributed by atoms with E-state index in [1.54, 1.807) is 51.9 Å². The van der Waals surface area contributed by atoms with Crippen LogP contribution in [0, 0.1) is 12.7 Å². The van der Waals surface area contributed by atoms with E-state index in [-0.39, 0.29) is 29.7 Å². The summed E-state index contributed by atoms with van der Waals surface area (Å²) in [5.41, 5.74) is 3.49. The van der Waals surface area contributed by atoms with Crippen LogP contribution in [0.1, 0.15) is 22.1 Å². The minimum atomic E-state index is -0.277. The third-order valence-electron chi connectivity index (χ3n) is 5.45. The van der Waals surface area contributed by atoms with E-state index in [0.717, 1.165) is 5.56 Å². The van der Waals surface area contributed by atoms with E-state index in [1.165, 1.54) is 11.6 Å². The van der Waals surface area contributed by atoms with Crippen LogP contribution in [0.2, 0.25) is 0 Å². The van der Waals surface area contributed by atoms with Gasteiger partial charge in [0.15, 0.2) is 5.11 Å². The Kier molecular flexibility index (Phi) is 4.83. The van der Waals surface area contributed by atoms with Crippen molar-refractivity contribution in [2.45, 2.75) is 24.9 Å². The molecule has 2 atom stereocenters. The molecular formula is C22H19FN4OS2. The van der Waals surface area contributed by atoms with Crippen LogP contribution < -0.4 is 4.90 Å². The number of rotatable bonds is 4. The molecule has 3 aromatic rings. The first-order valence-electron chi connectivity index (χ1n) is 9.63. The number of amides is 1. The molecule has 2 saturated heterocycles. The van der Waals surface area contributed by atoms with E-state index >= 15 is 0 Å². The number of halogens is 1. The van der Waals surface area contributed by atoms with Gasteiger partial charge in [-0.1, -0.05) is 48.0 Å². The summed E-state index contributed by atoms with van der Waals surface area (Å²) in [4.78, 5) is 16.7. The average Bonchev–Trinajstić information content (AvgIpc) is 3.42. The molecule has 0 N–H and O–H groups in total. The lowest BCUT2D eigenvalue weighted by molar-refractivity contribution is -0.119. The molecule has 2 aliphatic heterocycles. The second-order valence-corrected chi connectivity index (χ2v) is 8.94.